The van der Waals surface area contributed by atoms with Crippen molar-refractivity contribution in [1.82, 2.24) is 0 Å². The van der Waals surface area contributed by atoms with Gasteiger partial charge >= 0.3 is 0 Å². The van der Waals surface area contributed by atoms with Crippen LogP contribution in [0.15, 0.2) is 24.3 Å². The molecule has 34 heavy (non-hydrogen) atoms. The molecule has 184 valence electrons. The predicted octanol–water partition coefficient (Wildman–Crippen LogP) is 8.50. The van der Waals surface area contributed by atoms with E-state index in [1.54, 1.807) is 0 Å². The van der Waals surface area contributed by atoms with Crippen LogP contribution in [-0.4, -0.2) is 5.78 Å². The second-order valence-electron chi connectivity index (χ2n) is 13.7. The highest BCUT2D eigenvalue weighted by atomic mass is 16.1. The molecule has 0 aromatic heterocycles. The highest BCUT2D eigenvalue weighted by Crippen LogP contribution is 2.60. The number of carbonyl (C=O) groups is 1. The molecule has 0 bridgehead atoms. The fourth-order valence-electron chi connectivity index (χ4n) is 7.31. The van der Waals surface area contributed by atoms with Gasteiger partial charge in [0.1, 0.15) is 5.78 Å². The van der Waals surface area contributed by atoms with Crippen LogP contribution in [0.2, 0.25) is 0 Å². The summed E-state index contributed by atoms with van der Waals surface area (Å²) in [7, 11) is 0. The van der Waals surface area contributed by atoms with E-state index in [-0.39, 0.29) is 21.7 Å². The van der Waals surface area contributed by atoms with E-state index in [2.05, 4.69) is 107 Å². The van der Waals surface area contributed by atoms with E-state index >= 15 is 0 Å². The zero-order chi connectivity index (χ0) is 25.6. The lowest BCUT2D eigenvalue weighted by Crippen LogP contribution is -2.34. The minimum Gasteiger partial charge on any atom is -0.299 e. The molecule has 2 aromatic carbocycles. The van der Waals surface area contributed by atoms with Gasteiger partial charge in [0, 0.05) is 12.8 Å². The highest BCUT2D eigenvalue weighted by molar-refractivity contribution is 5.84. The van der Waals surface area contributed by atoms with Crippen molar-refractivity contribution in [2.24, 2.45) is 10.8 Å². The zero-order valence-electron chi connectivity index (χ0n) is 23.8. The van der Waals surface area contributed by atoms with Crippen LogP contribution in [0.1, 0.15) is 126 Å². The predicted molar refractivity (Wildman–Crippen MR) is 145 cm³/mol. The first-order valence-electron chi connectivity index (χ1n) is 13.2. The van der Waals surface area contributed by atoms with Crippen molar-refractivity contribution in [2.45, 2.75) is 119 Å². The van der Waals surface area contributed by atoms with Crippen molar-refractivity contribution >= 4 is 5.78 Å². The van der Waals surface area contributed by atoms with Crippen molar-refractivity contribution < 1.29 is 4.79 Å². The van der Waals surface area contributed by atoms with Gasteiger partial charge in [-0.1, -0.05) is 93.5 Å². The third kappa shape index (κ3) is 3.14. The van der Waals surface area contributed by atoms with Crippen LogP contribution < -0.4 is 0 Å². The third-order valence-electron chi connectivity index (χ3n) is 11.6. The maximum absolute atomic E-state index is 13.4. The Morgan fingerprint density at radius 2 is 0.971 bits per heavy atom. The summed E-state index contributed by atoms with van der Waals surface area (Å²) in [5.41, 5.74) is 11.5. The van der Waals surface area contributed by atoms with Gasteiger partial charge in [-0.25, -0.2) is 0 Å². The maximum atomic E-state index is 13.4. The Balaban J connectivity index is 1.63. The van der Waals surface area contributed by atoms with E-state index in [0.717, 1.165) is 0 Å². The maximum Gasteiger partial charge on any atom is 0.141 e. The molecule has 2 aliphatic carbocycles. The van der Waals surface area contributed by atoms with Crippen LogP contribution >= 0.6 is 0 Å². The Hall–Kier alpha value is -1.89. The summed E-state index contributed by atoms with van der Waals surface area (Å²) >= 11 is 0. The monoisotopic (exact) mass is 458 g/mol. The Morgan fingerprint density at radius 3 is 1.29 bits per heavy atom. The molecule has 1 nitrogen and oxygen atoms in total. The zero-order valence-corrected chi connectivity index (χ0v) is 23.8. The summed E-state index contributed by atoms with van der Waals surface area (Å²) in [5.74, 6) is 1.35. The molecule has 2 aromatic rings. The number of fused-ring (bicyclic) bond motifs is 2. The van der Waals surface area contributed by atoms with Crippen molar-refractivity contribution in [1.29, 1.82) is 0 Å². The Labute approximate surface area is 208 Å². The van der Waals surface area contributed by atoms with Crippen molar-refractivity contribution in [2.75, 3.05) is 0 Å². The smallest absolute Gasteiger partial charge is 0.141 e. The molecule has 0 saturated carbocycles. The summed E-state index contributed by atoms with van der Waals surface area (Å²) in [6, 6.07) is 9.06. The lowest BCUT2D eigenvalue weighted by atomic mass is 9.65. The van der Waals surface area contributed by atoms with Crippen molar-refractivity contribution in [3.63, 3.8) is 0 Å². The molecule has 2 unspecified atom stereocenters. The first-order valence-corrected chi connectivity index (χ1v) is 13.2. The number of carbonyl (C=O) groups excluding carboxylic acids is 1. The number of benzene rings is 2. The molecule has 2 aliphatic rings. The number of rotatable bonds is 4. The van der Waals surface area contributed by atoms with E-state index < -0.39 is 0 Å². The first kappa shape index (κ1) is 25.2. The molecule has 1 heteroatoms. The van der Waals surface area contributed by atoms with Gasteiger partial charge in [-0.15, -0.1) is 0 Å². The summed E-state index contributed by atoms with van der Waals surface area (Å²) in [6.07, 6.45) is 1.04. The van der Waals surface area contributed by atoms with Gasteiger partial charge < -0.3 is 0 Å². The van der Waals surface area contributed by atoms with Crippen LogP contribution in [0.4, 0.5) is 0 Å². The van der Waals surface area contributed by atoms with Crippen molar-refractivity contribution in [3.8, 4) is 0 Å². The van der Waals surface area contributed by atoms with E-state index in [1.165, 1.54) is 44.5 Å². The summed E-state index contributed by atoms with van der Waals surface area (Å²) < 4.78 is 0. The van der Waals surface area contributed by atoms with Crippen LogP contribution in [0.25, 0.3) is 0 Å². The first-order chi connectivity index (χ1) is 15.5. The van der Waals surface area contributed by atoms with Gasteiger partial charge in [0.2, 0.25) is 0 Å². The second-order valence-corrected chi connectivity index (χ2v) is 13.7. The number of hydrogen-bond acceptors (Lipinski definition) is 1. The molecular formula is C33H46O. The third-order valence-corrected chi connectivity index (χ3v) is 11.6. The molecule has 0 fully saturated rings. The van der Waals surface area contributed by atoms with Crippen LogP contribution in [-0.2, 0) is 28.5 Å². The van der Waals surface area contributed by atoms with E-state index in [1.807, 2.05) is 0 Å². The molecule has 2 atom stereocenters. The molecule has 4 rings (SSSR count). The second kappa shape index (κ2) is 7.55. The quantitative estimate of drug-likeness (QED) is 0.449. The summed E-state index contributed by atoms with van der Waals surface area (Å²) in [5, 5.41) is 0. The van der Waals surface area contributed by atoms with Crippen molar-refractivity contribution in [3.05, 3.63) is 68.8 Å². The Bertz CT molecular complexity index is 1080. The fourth-order valence-corrected chi connectivity index (χ4v) is 7.31. The van der Waals surface area contributed by atoms with E-state index in [0.29, 0.717) is 30.5 Å². The van der Waals surface area contributed by atoms with Gasteiger partial charge in [0.15, 0.2) is 0 Å². The number of ketones is 1. The Kier molecular flexibility index (Phi) is 5.60. The summed E-state index contributed by atoms with van der Waals surface area (Å²) in [4.78, 5) is 13.4. The number of Topliss-reactive ketones (excluding diaryl/α,β-unsaturated/α-hetero) is 1. The molecular weight excluding hydrogens is 412 g/mol. The molecule has 0 amide bonds. The Morgan fingerprint density at radius 1 is 0.647 bits per heavy atom. The fraction of sp³-hybridized carbons (Fsp3) is 0.606. The molecule has 0 heterocycles. The normalized spacial score (nSPS) is 25.2. The number of hydrogen-bond donors (Lipinski definition) is 0. The SMILES string of the molecule is Cc1c(CC(=O)Cc2ccc3c(c2C)C(C)(C)C(C)(C)C3C)ccc2c1C(C)(C)C(C)(C)C2C. The minimum absolute atomic E-state index is 0.0938. The van der Waals surface area contributed by atoms with Gasteiger partial charge in [-0.05, 0) is 91.9 Å². The molecule has 0 radical (unpaired) electrons. The topological polar surface area (TPSA) is 17.1 Å². The minimum atomic E-state index is 0.0938. The lowest BCUT2D eigenvalue weighted by Gasteiger charge is -2.39. The highest BCUT2D eigenvalue weighted by Gasteiger charge is 2.52. The van der Waals surface area contributed by atoms with Crippen LogP contribution in [0.3, 0.4) is 0 Å². The average Bonchev–Trinajstić information content (AvgIpc) is 2.96. The van der Waals surface area contributed by atoms with E-state index in [9.17, 15) is 4.79 Å². The van der Waals surface area contributed by atoms with Crippen LogP contribution in [0.5, 0.6) is 0 Å². The van der Waals surface area contributed by atoms with Gasteiger partial charge in [0.05, 0.1) is 0 Å². The molecule has 0 N–H and O–H groups in total. The van der Waals surface area contributed by atoms with Gasteiger partial charge in [0.25, 0.3) is 0 Å². The van der Waals surface area contributed by atoms with Crippen LogP contribution in [0, 0.1) is 24.7 Å². The average molecular weight is 459 g/mol. The van der Waals surface area contributed by atoms with E-state index in [4.69, 9.17) is 0 Å². The molecule has 0 spiro atoms. The molecule has 0 aliphatic heterocycles. The lowest BCUT2D eigenvalue weighted by molar-refractivity contribution is -0.117. The molecule has 0 saturated heterocycles. The largest absolute Gasteiger partial charge is 0.299 e. The van der Waals surface area contributed by atoms with Gasteiger partial charge in [-0.3, -0.25) is 4.79 Å². The van der Waals surface area contributed by atoms with Gasteiger partial charge in [-0.2, -0.15) is 0 Å². The standard InChI is InChI=1S/C33H46O/c1-19-23(13-15-26-21(3)30(5,6)32(9,10)28(19)26)17-25(34)18-24-14-16-27-22(4)31(7,8)33(11,12)29(27)20(24)2/h13-16,21-22H,17-18H2,1-12H3. The summed E-state index contributed by atoms with van der Waals surface area (Å²) in [6.45, 7) is 28.3.